The second-order valence-corrected chi connectivity index (χ2v) is 10.9. The van der Waals surface area contributed by atoms with E-state index in [9.17, 15) is 28.1 Å². The van der Waals surface area contributed by atoms with E-state index in [1.807, 2.05) is 0 Å². The molecule has 1 aliphatic rings. The number of nitrogens with zero attached hydrogens (tertiary/aromatic N) is 2. The minimum atomic E-state index is -5.96. The van der Waals surface area contributed by atoms with Gasteiger partial charge in [-0.25, -0.2) is 26.9 Å². The van der Waals surface area contributed by atoms with Gasteiger partial charge in [-0.2, -0.15) is 13.6 Å². The lowest BCUT2D eigenvalue weighted by Gasteiger charge is -2.25. The van der Waals surface area contributed by atoms with Gasteiger partial charge >= 0.3 is 23.5 Å². The normalized spacial score (nSPS) is 31.5. The van der Waals surface area contributed by atoms with Crippen LogP contribution in [0.4, 0.5) is 19.0 Å². The van der Waals surface area contributed by atoms with E-state index >= 15 is 8.78 Å². The van der Waals surface area contributed by atoms with Gasteiger partial charge < -0.3 is 35.2 Å². The average Bonchev–Trinajstić information content (AvgIpc) is 2.82. The van der Waals surface area contributed by atoms with Crippen LogP contribution >= 0.6 is 35.7 Å². The van der Waals surface area contributed by atoms with Gasteiger partial charge in [0, 0.05) is 6.20 Å². The van der Waals surface area contributed by atoms with E-state index in [1.165, 1.54) is 5.92 Å². The number of ether oxygens (including phenoxy) is 1. The fourth-order valence-corrected chi connectivity index (χ4v) is 5.69. The Morgan fingerprint density at radius 1 is 1.27 bits per heavy atom. The molecule has 7 N–H and O–H groups in total. The summed E-state index contributed by atoms with van der Waals surface area (Å²) in [5.74, 6) is -4.42. The summed E-state index contributed by atoms with van der Waals surface area (Å²) in [6, 6.07) is 0. The van der Waals surface area contributed by atoms with Gasteiger partial charge in [0.05, 0.1) is 0 Å². The lowest BCUT2D eigenvalue weighted by molar-refractivity contribution is -0.204. The first-order chi connectivity index (χ1) is 14.8. The number of phosphoric acid groups is 3. The molecule has 6 unspecified atom stereocenters. The van der Waals surface area contributed by atoms with Gasteiger partial charge in [-0.15, -0.1) is 6.42 Å². The molecular weight excluding hydrogens is 548 g/mol. The number of aliphatic hydroxyl groups excluding tert-OH is 1. The van der Waals surface area contributed by atoms with E-state index in [1.54, 1.807) is 0 Å². The number of rotatable bonds is 8. The van der Waals surface area contributed by atoms with Crippen molar-refractivity contribution in [3.8, 4) is 12.3 Å². The number of hydrogen-bond acceptors (Lipinski definition) is 11. The van der Waals surface area contributed by atoms with Crippen molar-refractivity contribution in [2.45, 2.75) is 23.9 Å². The van der Waals surface area contributed by atoms with Crippen LogP contribution in [-0.2, 0) is 31.6 Å². The molecule has 2 rings (SSSR count). The molecule has 6 atom stereocenters. The van der Waals surface area contributed by atoms with Crippen LogP contribution in [0.15, 0.2) is 6.20 Å². The maximum Gasteiger partial charge on any atom is 0.490 e. The van der Waals surface area contributed by atoms with Crippen molar-refractivity contribution in [2.24, 2.45) is 0 Å². The van der Waals surface area contributed by atoms with Crippen LogP contribution in [-0.4, -0.2) is 58.5 Å². The van der Waals surface area contributed by atoms with Crippen LogP contribution < -0.4 is 5.73 Å². The number of nitrogens with two attached hydrogens (primary N) is 1. The Bertz CT molecular complexity index is 1190. The number of aliphatic hydroxyl groups is 1. The molecule has 2 heterocycles. The first kappa shape index (κ1) is 28.0. The van der Waals surface area contributed by atoms with Crippen molar-refractivity contribution < 1.29 is 69.4 Å². The molecule has 33 heavy (non-hydrogen) atoms. The first-order valence-corrected chi connectivity index (χ1v) is 12.7. The maximum absolute atomic E-state index is 15.3. The van der Waals surface area contributed by atoms with E-state index in [2.05, 4.69) is 22.9 Å². The first-order valence-electron chi connectivity index (χ1n) is 7.79. The molecule has 0 bridgehead atoms. The van der Waals surface area contributed by atoms with Gasteiger partial charge in [-0.05, 0) is 12.2 Å². The predicted molar refractivity (Wildman–Crippen MR) is 99.9 cm³/mol. The van der Waals surface area contributed by atoms with Crippen LogP contribution in [0.2, 0.25) is 0 Å². The summed E-state index contributed by atoms with van der Waals surface area (Å²) in [7, 11) is -17.6. The van der Waals surface area contributed by atoms with Gasteiger partial charge in [0.1, 0.15) is 6.61 Å². The third kappa shape index (κ3) is 6.27. The molecular formula is C11H13F3N3O12P3S. The van der Waals surface area contributed by atoms with Gasteiger partial charge in [0.25, 0.3) is 5.85 Å². The Hall–Kier alpha value is -1.22. The van der Waals surface area contributed by atoms with E-state index in [0.29, 0.717) is 10.8 Å². The highest BCUT2D eigenvalue weighted by molar-refractivity contribution is 7.71. The van der Waals surface area contributed by atoms with E-state index in [0.717, 1.165) is 0 Å². The number of terminal acetylenes is 1. The predicted octanol–water partition coefficient (Wildman–Crippen LogP) is 0.574. The lowest BCUT2D eigenvalue weighted by Crippen LogP contribution is -2.47. The highest BCUT2D eigenvalue weighted by Gasteiger charge is 2.67. The zero-order valence-corrected chi connectivity index (χ0v) is 19.0. The summed E-state index contributed by atoms with van der Waals surface area (Å²) in [6.45, 7) is -1.93. The van der Waals surface area contributed by atoms with E-state index in [-0.39, 0.29) is 0 Å². The van der Waals surface area contributed by atoms with E-state index < -0.39 is 70.3 Å². The van der Waals surface area contributed by atoms with Crippen molar-refractivity contribution in [1.29, 1.82) is 0 Å². The minimum Gasteiger partial charge on any atom is -0.383 e. The van der Waals surface area contributed by atoms with Crippen molar-refractivity contribution in [3.05, 3.63) is 16.8 Å². The Balaban J connectivity index is 2.31. The summed E-state index contributed by atoms with van der Waals surface area (Å²) < 4.78 is 93.0. The molecule has 0 saturated carbocycles. The second kappa shape index (κ2) is 9.10. The summed E-state index contributed by atoms with van der Waals surface area (Å²) in [5, 5.41) is 10.1. The Morgan fingerprint density at radius 2 is 1.85 bits per heavy atom. The fourth-order valence-electron chi connectivity index (χ4n) is 2.41. The van der Waals surface area contributed by atoms with Crippen molar-refractivity contribution in [1.82, 2.24) is 9.55 Å². The smallest absolute Gasteiger partial charge is 0.383 e. The lowest BCUT2D eigenvalue weighted by atomic mass is 9.96. The van der Waals surface area contributed by atoms with Crippen molar-refractivity contribution in [2.75, 3.05) is 12.3 Å². The molecule has 1 saturated heterocycles. The molecule has 186 valence electrons. The second-order valence-electron chi connectivity index (χ2n) is 6.10. The number of anilines is 1. The maximum atomic E-state index is 15.3. The average molecular weight is 561 g/mol. The molecule has 1 aromatic rings. The summed E-state index contributed by atoms with van der Waals surface area (Å²) in [4.78, 5) is 38.7. The number of halogens is 3. The summed E-state index contributed by atoms with van der Waals surface area (Å²) in [5.41, 5.74) is 1.68. The van der Waals surface area contributed by atoms with Gasteiger partial charge in [-0.3, -0.25) is 9.09 Å². The zero-order valence-electron chi connectivity index (χ0n) is 15.5. The van der Waals surface area contributed by atoms with Crippen LogP contribution in [0.25, 0.3) is 0 Å². The van der Waals surface area contributed by atoms with Crippen LogP contribution in [0.5, 0.6) is 0 Å². The molecule has 0 amide bonds. The van der Waals surface area contributed by atoms with Gasteiger partial charge in [0.2, 0.25) is 10.4 Å². The molecule has 0 aromatic carbocycles. The Labute approximate surface area is 186 Å². The van der Waals surface area contributed by atoms with Crippen molar-refractivity contribution >= 4 is 41.5 Å². The largest absolute Gasteiger partial charge is 0.490 e. The summed E-state index contributed by atoms with van der Waals surface area (Å²) >= 11 is 4.74. The molecule has 1 aromatic heterocycles. The number of hydrogen-bond donors (Lipinski definition) is 6. The minimum absolute atomic E-state index is 0.344. The zero-order chi connectivity index (χ0) is 25.6. The van der Waals surface area contributed by atoms with Crippen LogP contribution in [0.1, 0.15) is 6.23 Å². The highest BCUT2D eigenvalue weighted by Crippen LogP contribution is 2.66. The highest BCUT2D eigenvalue weighted by atomic mass is 32.1. The topological polar surface area (TPSA) is 233 Å². The van der Waals surface area contributed by atoms with Crippen molar-refractivity contribution in [3.63, 3.8) is 0 Å². The number of alkyl halides is 2. The molecule has 15 nitrogen and oxygen atoms in total. The number of nitrogen functional groups attached to an aromatic ring is 1. The van der Waals surface area contributed by atoms with Gasteiger partial charge in [0.15, 0.2) is 24.0 Å². The third-order valence-electron chi connectivity index (χ3n) is 3.72. The number of phosphoric ester groups is 1. The molecule has 1 fully saturated rings. The Kier molecular flexibility index (Phi) is 7.72. The quantitative estimate of drug-likeness (QED) is 0.145. The molecule has 0 radical (unpaired) electrons. The summed E-state index contributed by atoms with van der Waals surface area (Å²) in [6.07, 6.45) is -0.0135. The van der Waals surface area contributed by atoms with Crippen LogP contribution in [0.3, 0.4) is 0 Å². The Morgan fingerprint density at radius 3 is 2.36 bits per heavy atom. The standard InChI is InChI=1S/C11H13F3N3O12P3S/c1-2-10(13)7(18)11(14,27-8(10)17-3-5(12)6(15)16-9(17)33)4-26-31(22,23)29-32(24,25)28-30(19,20)21/h1,3,7-8,18H,4H2,(H,22,23)(H,24,25)(H2,15,16,33)(H2,19,20,21). The third-order valence-corrected chi connectivity index (χ3v) is 7.81. The van der Waals surface area contributed by atoms with E-state index in [4.69, 9.17) is 39.1 Å². The molecule has 0 aliphatic carbocycles. The number of aromatic nitrogens is 2. The molecule has 0 spiro atoms. The fraction of sp³-hybridized carbons (Fsp3) is 0.455. The van der Waals surface area contributed by atoms with Gasteiger partial charge in [-0.1, -0.05) is 5.92 Å². The molecule has 22 heteroatoms. The monoisotopic (exact) mass is 561 g/mol. The SMILES string of the molecule is C#CC1(F)C(n2cc(F)c(N)nc2=S)OC(F)(COP(=O)(O)OP(=O)(O)OP(=O)(O)O)C1O. The van der Waals surface area contributed by atoms with Crippen LogP contribution in [0, 0.1) is 22.9 Å². The molecule has 1 aliphatic heterocycles.